The van der Waals surface area contributed by atoms with Crippen LogP contribution in [0.3, 0.4) is 0 Å². The molecule has 30 heavy (non-hydrogen) atoms. The fraction of sp³-hybridized carbons (Fsp3) is 0.227. The zero-order chi connectivity index (χ0) is 21.7. The summed E-state index contributed by atoms with van der Waals surface area (Å²) >= 11 is 1.56. The molecular weight excluding hydrogens is 402 g/mol. The highest BCUT2D eigenvalue weighted by atomic mass is 32.2. The van der Waals surface area contributed by atoms with Crippen molar-refractivity contribution in [3.8, 4) is 11.8 Å². The summed E-state index contributed by atoms with van der Waals surface area (Å²) in [5.41, 5.74) is 7.98. The minimum Gasteiger partial charge on any atom is -0.496 e. The van der Waals surface area contributed by atoms with E-state index in [0.717, 1.165) is 16.2 Å². The molecule has 3 rings (SSSR count). The molecule has 0 bridgehead atoms. The van der Waals surface area contributed by atoms with E-state index < -0.39 is 11.9 Å². The summed E-state index contributed by atoms with van der Waals surface area (Å²) in [6, 6.07) is 13.3. The summed E-state index contributed by atoms with van der Waals surface area (Å²) in [5, 5.41) is 10.6. The van der Waals surface area contributed by atoms with Crippen LogP contribution in [0.2, 0.25) is 0 Å². The first-order valence-electron chi connectivity index (χ1n) is 9.07. The average Bonchev–Trinajstić information content (AvgIpc) is 2.77. The topological polar surface area (TPSA) is 107 Å². The predicted octanol–water partition coefficient (Wildman–Crippen LogP) is 3.64. The first-order chi connectivity index (χ1) is 14.5. The fourth-order valence-corrected chi connectivity index (χ4v) is 4.10. The monoisotopic (exact) mass is 423 g/mol. The van der Waals surface area contributed by atoms with E-state index in [-0.39, 0.29) is 17.0 Å². The number of hydrogen-bond donors (Lipinski definition) is 1. The van der Waals surface area contributed by atoms with Gasteiger partial charge in [-0.1, -0.05) is 18.2 Å². The van der Waals surface area contributed by atoms with Crippen molar-refractivity contribution in [2.24, 2.45) is 5.73 Å². The van der Waals surface area contributed by atoms with Crippen LogP contribution in [0, 0.1) is 11.3 Å². The molecule has 0 saturated heterocycles. The highest BCUT2D eigenvalue weighted by Gasteiger charge is 2.36. The van der Waals surface area contributed by atoms with Crippen LogP contribution in [-0.4, -0.2) is 25.2 Å². The fourth-order valence-electron chi connectivity index (χ4n) is 3.26. The lowest BCUT2D eigenvalue weighted by molar-refractivity contribution is -0.136. The normalized spacial score (nSPS) is 16.0. The number of methoxy groups -OCH3 is 2. The van der Waals surface area contributed by atoms with Gasteiger partial charge in [0.15, 0.2) is 0 Å². The van der Waals surface area contributed by atoms with Crippen LogP contribution in [0.25, 0.3) is 0 Å². The molecule has 0 spiro atoms. The van der Waals surface area contributed by atoms with Crippen LogP contribution in [-0.2, 0) is 20.0 Å². The van der Waals surface area contributed by atoms with E-state index in [1.807, 2.05) is 36.4 Å². The van der Waals surface area contributed by atoms with E-state index in [0.29, 0.717) is 17.3 Å². The van der Waals surface area contributed by atoms with Gasteiger partial charge in [0.25, 0.3) is 0 Å². The maximum atomic E-state index is 12.5. The molecule has 1 aliphatic heterocycles. The minimum absolute atomic E-state index is 0.0205. The number of rotatable bonds is 6. The first kappa shape index (κ1) is 21.3. The molecule has 0 unspecified atom stereocenters. The molecule has 2 heterocycles. The van der Waals surface area contributed by atoms with Gasteiger partial charge in [0.1, 0.15) is 23.2 Å². The lowest BCUT2D eigenvalue weighted by atomic mass is 9.82. The molecule has 0 fully saturated rings. The number of pyridine rings is 1. The van der Waals surface area contributed by atoms with Gasteiger partial charge < -0.3 is 19.9 Å². The van der Waals surface area contributed by atoms with E-state index >= 15 is 0 Å². The number of hydrogen-bond acceptors (Lipinski definition) is 8. The first-order valence-corrected chi connectivity index (χ1v) is 10.1. The number of thioether (sulfide) groups is 1. The maximum Gasteiger partial charge on any atom is 0.338 e. The Bertz CT molecular complexity index is 1060. The maximum absolute atomic E-state index is 12.5. The lowest BCUT2D eigenvalue weighted by Gasteiger charge is -2.27. The Hall–Kier alpha value is -3.44. The van der Waals surface area contributed by atoms with Crippen molar-refractivity contribution in [3.63, 3.8) is 0 Å². The molecule has 7 nitrogen and oxygen atoms in total. The third-order valence-corrected chi connectivity index (χ3v) is 5.65. The molecule has 0 saturated carbocycles. The van der Waals surface area contributed by atoms with Crippen molar-refractivity contribution in [1.82, 2.24) is 4.98 Å². The summed E-state index contributed by atoms with van der Waals surface area (Å²) < 4.78 is 15.9. The molecule has 1 aliphatic rings. The van der Waals surface area contributed by atoms with Crippen LogP contribution in [0.15, 0.2) is 70.4 Å². The van der Waals surface area contributed by atoms with Gasteiger partial charge in [0, 0.05) is 17.5 Å². The van der Waals surface area contributed by atoms with Gasteiger partial charge in [0.05, 0.1) is 30.7 Å². The van der Waals surface area contributed by atoms with Gasteiger partial charge in [-0.3, -0.25) is 0 Å². The van der Waals surface area contributed by atoms with Gasteiger partial charge >= 0.3 is 5.97 Å². The molecule has 1 aromatic heterocycles. The number of carbonyl (C=O) groups excluding carboxylic acids is 1. The molecule has 8 heteroatoms. The zero-order valence-corrected chi connectivity index (χ0v) is 17.7. The molecule has 0 radical (unpaired) electrons. The van der Waals surface area contributed by atoms with Gasteiger partial charge in [-0.05, 0) is 30.7 Å². The van der Waals surface area contributed by atoms with Crippen molar-refractivity contribution >= 4 is 17.7 Å². The smallest absolute Gasteiger partial charge is 0.338 e. The van der Waals surface area contributed by atoms with Crippen molar-refractivity contribution in [1.29, 1.82) is 5.26 Å². The molecule has 1 atom stereocenters. The van der Waals surface area contributed by atoms with Crippen LogP contribution in [0.5, 0.6) is 5.75 Å². The number of esters is 1. The number of nitrogens with zero attached hydrogens (tertiary/aromatic N) is 2. The molecule has 0 aliphatic carbocycles. The van der Waals surface area contributed by atoms with Crippen molar-refractivity contribution in [2.75, 3.05) is 14.2 Å². The van der Waals surface area contributed by atoms with E-state index in [2.05, 4.69) is 11.1 Å². The molecule has 1 aromatic carbocycles. The Morgan fingerprint density at radius 3 is 2.77 bits per heavy atom. The van der Waals surface area contributed by atoms with Crippen LogP contribution in [0.4, 0.5) is 0 Å². The van der Waals surface area contributed by atoms with E-state index in [1.165, 1.54) is 7.11 Å². The quantitative estimate of drug-likeness (QED) is 0.554. The number of aromatic nitrogens is 1. The molecule has 2 aromatic rings. The summed E-state index contributed by atoms with van der Waals surface area (Å²) in [6.07, 6.45) is 1.74. The molecule has 0 amide bonds. The summed E-state index contributed by atoms with van der Waals surface area (Å²) in [5.74, 6) is 0.314. The number of carbonyl (C=O) groups is 1. The second-order valence-corrected chi connectivity index (χ2v) is 7.41. The standard InChI is InChI=1S/C22H21N3O4S/c1-13-19(22(26)28-3)20(16(11-23)21(24)29-13)14-7-8-17(27-2)15(10-14)12-30-18-6-4-5-9-25-18/h4-10,20H,12,24H2,1-3H3/t20-/m1/s1. The predicted molar refractivity (Wildman–Crippen MR) is 112 cm³/mol. The largest absolute Gasteiger partial charge is 0.496 e. The summed E-state index contributed by atoms with van der Waals surface area (Å²) in [7, 11) is 2.89. The summed E-state index contributed by atoms with van der Waals surface area (Å²) in [6.45, 7) is 1.63. The highest BCUT2D eigenvalue weighted by Crippen LogP contribution is 2.41. The third-order valence-electron chi connectivity index (χ3n) is 4.66. The van der Waals surface area contributed by atoms with Crippen LogP contribution >= 0.6 is 11.8 Å². The number of nitriles is 1. The Kier molecular flexibility index (Phi) is 6.65. The zero-order valence-electron chi connectivity index (χ0n) is 16.8. The number of nitrogens with two attached hydrogens (primary N) is 1. The van der Waals surface area contributed by atoms with Gasteiger partial charge in [-0.2, -0.15) is 5.26 Å². The number of benzene rings is 1. The van der Waals surface area contributed by atoms with Crippen LogP contribution in [0.1, 0.15) is 24.0 Å². The summed E-state index contributed by atoms with van der Waals surface area (Å²) in [4.78, 5) is 16.8. The Labute approximate surface area is 179 Å². The number of ether oxygens (including phenoxy) is 3. The van der Waals surface area contributed by atoms with Crippen molar-refractivity contribution in [2.45, 2.75) is 23.6 Å². The molecule has 154 valence electrons. The Balaban J connectivity index is 2.04. The SMILES string of the molecule is COC(=O)C1=C(C)OC(N)=C(C#N)[C@H]1c1ccc(OC)c(CSc2ccccn2)c1. The van der Waals surface area contributed by atoms with E-state index in [1.54, 1.807) is 32.0 Å². The highest BCUT2D eigenvalue weighted by molar-refractivity contribution is 7.98. The van der Waals surface area contributed by atoms with Crippen molar-refractivity contribution < 1.29 is 19.0 Å². The Morgan fingerprint density at radius 1 is 1.33 bits per heavy atom. The second kappa shape index (κ2) is 9.37. The minimum atomic E-state index is -0.694. The van der Waals surface area contributed by atoms with Gasteiger partial charge in [0.2, 0.25) is 5.88 Å². The molecule has 2 N–H and O–H groups in total. The van der Waals surface area contributed by atoms with Crippen molar-refractivity contribution in [3.05, 3.63) is 76.5 Å². The third kappa shape index (κ3) is 4.26. The average molecular weight is 423 g/mol. The Morgan fingerprint density at radius 2 is 2.13 bits per heavy atom. The van der Waals surface area contributed by atoms with E-state index in [4.69, 9.17) is 19.9 Å². The lowest BCUT2D eigenvalue weighted by Crippen LogP contribution is -2.25. The second-order valence-electron chi connectivity index (χ2n) is 6.41. The van der Waals surface area contributed by atoms with Gasteiger partial charge in [-0.15, -0.1) is 11.8 Å². The van der Waals surface area contributed by atoms with E-state index in [9.17, 15) is 10.1 Å². The van der Waals surface area contributed by atoms with Gasteiger partial charge in [-0.25, -0.2) is 9.78 Å². The number of allylic oxidation sites excluding steroid dienone is 2. The molecular formula is C22H21N3O4S. The van der Waals surface area contributed by atoms with Crippen LogP contribution < -0.4 is 10.5 Å².